The van der Waals surface area contributed by atoms with Crippen LogP contribution in [0, 0.1) is 0 Å². The molecule has 32 heavy (non-hydrogen) atoms. The number of ether oxygens (including phenoxy) is 2. The second-order valence-electron chi connectivity index (χ2n) is 7.35. The molecule has 0 aromatic heterocycles. The normalized spacial score (nSPS) is 11.5. The third-order valence-corrected chi connectivity index (χ3v) is 5.68. The molecule has 1 unspecified atom stereocenters. The Morgan fingerprint density at radius 2 is 1.59 bits per heavy atom. The summed E-state index contributed by atoms with van der Waals surface area (Å²) in [7, 11) is 0. The summed E-state index contributed by atoms with van der Waals surface area (Å²) in [6.07, 6.45) is 2.17. The van der Waals surface area contributed by atoms with Gasteiger partial charge in [-0.05, 0) is 42.7 Å². The van der Waals surface area contributed by atoms with E-state index < -0.39 is 0 Å². The van der Waals surface area contributed by atoms with E-state index in [4.69, 9.17) is 32.7 Å². The number of halogens is 3. The van der Waals surface area contributed by atoms with E-state index in [2.05, 4.69) is 36.5 Å². The van der Waals surface area contributed by atoms with Gasteiger partial charge in [-0.1, -0.05) is 85.1 Å². The van der Waals surface area contributed by atoms with Crippen molar-refractivity contribution >= 4 is 35.6 Å². The van der Waals surface area contributed by atoms with Crippen LogP contribution in [0.2, 0.25) is 10.0 Å². The number of benzene rings is 3. The maximum atomic E-state index is 6.60. The SMILES string of the molecule is CCCC(NCc1cc(Cl)c(OCc2ccccc2Cl)c(OCC)c1)c1ccccc1.Cl. The average Bonchev–Trinajstić information content (AvgIpc) is 2.78. The van der Waals surface area contributed by atoms with Crippen LogP contribution in [-0.4, -0.2) is 6.61 Å². The minimum Gasteiger partial charge on any atom is -0.490 e. The van der Waals surface area contributed by atoms with Crippen LogP contribution in [0.3, 0.4) is 0 Å². The lowest BCUT2D eigenvalue weighted by molar-refractivity contribution is 0.269. The summed E-state index contributed by atoms with van der Waals surface area (Å²) in [5, 5.41) is 4.86. The topological polar surface area (TPSA) is 30.5 Å². The Morgan fingerprint density at radius 1 is 0.875 bits per heavy atom. The first-order valence-corrected chi connectivity index (χ1v) is 11.5. The Labute approximate surface area is 207 Å². The molecular weight excluding hydrogens is 465 g/mol. The Kier molecular flexibility index (Phi) is 11.2. The lowest BCUT2D eigenvalue weighted by Gasteiger charge is -2.20. The fraction of sp³-hybridized carbons (Fsp3) is 0.308. The summed E-state index contributed by atoms with van der Waals surface area (Å²) >= 11 is 12.9. The third kappa shape index (κ3) is 7.31. The predicted molar refractivity (Wildman–Crippen MR) is 137 cm³/mol. The molecule has 3 rings (SSSR count). The van der Waals surface area contributed by atoms with Gasteiger partial charge in [0.05, 0.1) is 11.6 Å². The Balaban J connectivity index is 0.00000363. The Hall–Kier alpha value is -1.91. The van der Waals surface area contributed by atoms with Crippen LogP contribution in [-0.2, 0) is 13.2 Å². The maximum absolute atomic E-state index is 6.60. The van der Waals surface area contributed by atoms with Crippen LogP contribution >= 0.6 is 35.6 Å². The van der Waals surface area contributed by atoms with Crippen molar-refractivity contribution < 1.29 is 9.47 Å². The maximum Gasteiger partial charge on any atom is 0.180 e. The highest BCUT2D eigenvalue weighted by molar-refractivity contribution is 6.32. The fourth-order valence-electron chi connectivity index (χ4n) is 3.49. The molecule has 0 saturated carbocycles. The number of hydrogen-bond donors (Lipinski definition) is 1. The van der Waals surface area contributed by atoms with E-state index in [1.165, 1.54) is 5.56 Å². The van der Waals surface area contributed by atoms with Gasteiger partial charge in [0.2, 0.25) is 0 Å². The second kappa shape index (κ2) is 13.6. The molecule has 0 radical (unpaired) electrons. The van der Waals surface area contributed by atoms with E-state index in [0.29, 0.717) is 41.3 Å². The van der Waals surface area contributed by atoms with Crippen LogP contribution in [0.1, 0.15) is 49.4 Å². The van der Waals surface area contributed by atoms with Crippen molar-refractivity contribution in [3.05, 3.63) is 93.5 Å². The van der Waals surface area contributed by atoms with Crippen LogP contribution < -0.4 is 14.8 Å². The lowest BCUT2D eigenvalue weighted by atomic mass is 10.0. The van der Waals surface area contributed by atoms with E-state index in [0.717, 1.165) is 24.0 Å². The standard InChI is InChI=1S/C26H29Cl2NO2.ClH/c1-3-10-24(20-11-6-5-7-12-20)29-17-19-15-23(28)26(25(16-19)30-4-2)31-18-21-13-8-9-14-22(21)27;/h5-9,11-16,24,29H,3-4,10,17-18H2,1-2H3;1H. The molecule has 0 spiro atoms. The first kappa shape index (κ1) is 26.3. The summed E-state index contributed by atoms with van der Waals surface area (Å²) in [6, 6.07) is 22.4. The second-order valence-corrected chi connectivity index (χ2v) is 8.17. The van der Waals surface area contributed by atoms with Crippen LogP contribution in [0.15, 0.2) is 66.7 Å². The summed E-state index contributed by atoms with van der Waals surface area (Å²) < 4.78 is 11.9. The van der Waals surface area contributed by atoms with Gasteiger partial charge in [-0.2, -0.15) is 0 Å². The summed E-state index contributed by atoms with van der Waals surface area (Å²) in [6.45, 7) is 5.68. The molecule has 0 saturated heterocycles. The Morgan fingerprint density at radius 3 is 2.28 bits per heavy atom. The smallest absolute Gasteiger partial charge is 0.180 e. The minimum atomic E-state index is 0. The fourth-order valence-corrected chi connectivity index (χ4v) is 3.97. The zero-order valence-corrected chi connectivity index (χ0v) is 20.8. The van der Waals surface area contributed by atoms with E-state index in [-0.39, 0.29) is 18.4 Å². The van der Waals surface area contributed by atoms with Crippen molar-refractivity contribution in [2.45, 2.75) is 45.9 Å². The Bertz CT molecular complexity index is 967. The van der Waals surface area contributed by atoms with Crippen molar-refractivity contribution in [2.24, 2.45) is 0 Å². The van der Waals surface area contributed by atoms with Crippen molar-refractivity contribution in [3.8, 4) is 11.5 Å². The average molecular weight is 495 g/mol. The van der Waals surface area contributed by atoms with Crippen molar-refractivity contribution in [1.29, 1.82) is 0 Å². The zero-order valence-electron chi connectivity index (χ0n) is 18.4. The zero-order chi connectivity index (χ0) is 22.1. The molecular formula is C26H30Cl3NO2. The predicted octanol–water partition coefficient (Wildman–Crippen LogP) is 8.02. The lowest BCUT2D eigenvalue weighted by Crippen LogP contribution is -2.21. The van der Waals surface area contributed by atoms with Gasteiger partial charge < -0.3 is 14.8 Å². The molecule has 0 aliphatic rings. The molecule has 0 heterocycles. The molecule has 1 atom stereocenters. The van der Waals surface area contributed by atoms with E-state index in [9.17, 15) is 0 Å². The van der Waals surface area contributed by atoms with Gasteiger partial charge in [-0.25, -0.2) is 0 Å². The minimum absolute atomic E-state index is 0. The van der Waals surface area contributed by atoms with Crippen LogP contribution in [0.25, 0.3) is 0 Å². The van der Waals surface area contributed by atoms with Crippen LogP contribution in [0.5, 0.6) is 11.5 Å². The summed E-state index contributed by atoms with van der Waals surface area (Å²) in [5.74, 6) is 1.19. The highest BCUT2D eigenvalue weighted by atomic mass is 35.5. The molecule has 0 fully saturated rings. The molecule has 3 aromatic rings. The molecule has 172 valence electrons. The third-order valence-electron chi connectivity index (χ3n) is 5.03. The molecule has 0 amide bonds. The van der Waals surface area contributed by atoms with Gasteiger partial charge in [-0.3, -0.25) is 0 Å². The first-order valence-electron chi connectivity index (χ1n) is 10.7. The van der Waals surface area contributed by atoms with Gasteiger partial charge in [0.15, 0.2) is 11.5 Å². The number of rotatable bonds is 11. The molecule has 0 aliphatic carbocycles. The largest absolute Gasteiger partial charge is 0.490 e. The molecule has 1 N–H and O–H groups in total. The number of hydrogen-bond acceptors (Lipinski definition) is 3. The van der Waals surface area contributed by atoms with Gasteiger partial charge in [0.1, 0.15) is 6.61 Å². The van der Waals surface area contributed by atoms with Crippen LogP contribution in [0.4, 0.5) is 0 Å². The van der Waals surface area contributed by atoms with Crippen molar-refractivity contribution in [1.82, 2.24) is 5.32 Å². The van der Waals surface area contributed by atoms with Crippen molar-refractivity contribution in [3.63, 3.8) is 0 Å². The van der Waals surface area contributed by atoms with E-state index in [1.54, 1.807) is 0 Å². The van der Waals surface area contributed by atoms with Gasteiger partial charge >= 0.3 is 0 Å². The quantitative estimate of drug-likeness (QED) is 0.293. The van der Waals surface area contributed by atoms with Gasteiger partial charge in [-0.15, -0.1) is 12.4 Å². The highest BCUT2D eigenvalue weighted by Gasteiger charge is 2.15. The van der Waals surface area contributed by atoms with Gasteiger partial charge in [0, 0.05) is 23.2 Å². The molecule has 6 heteroatoms. The first-order chi connectivity index (χ1) is 15.1. The summed E-state index contributed by atoms with van der Waals surface area (Å²) in [4.78, 5) is 0. The van der Waals surface area contributed by atoms with E-state index >= 15 is 0 Å². The monoisotopic (exact) mass is 493 g/mol. The summed E-state index contributed by atoms with van der Waals surface area (Å²) in [5.41, 5.74) is 3.24. The highest BCUT2D eigenvalue weighted by Crippen LogP contribution is 2.38. The van der Waals surface area contributed by atoms with Gasteiger partial charge in [0.25, 0.3) is 0 Å². The molecule has 0 aliphatic heterocycles. The molecule has 0 bridgehead atoms. The molecule has 3 aromatic carbocycles. The number of nitrogens with one attached hydrogen (secondary N) is 1. The van der Waals surface area contributed by atoms with E-state index in [1.807, 2.05) is 49.4 Å². The molecule has 3 nitrogen and oxygen atoms in total. The van der Waals surface area contributed by atoms with Crippen molar-refractivity contribution in [2.75, 3.05) is 6.61 Å².